The number of anilines is 1. The van der Waals surface area contributed by atoms with Crippen molar-refractivity contribution in [3.05, 3.63) is 29.3 Å². The molecule has 0 unspecified atom stereocenters. The van der Waals surface area contributed by atoms with Crippen molar-refractivity contribution in [2.75, 3.05) is 11.9 Å². The van der Waals surface area contributed by atoms with Crippen LogP contribution in [0.4, 0.5) is 14.5 Å². The van der Waals surface area contributed by atoms with Crippen molar-refractivity contribution in [3.63, 3.8) is 0 Å². The molecule has 2 N–H and O–H groups in total. The van der Waals surface area contributed by atoms with Crippen molar-refractivity contribution in [1.82, 2.24) is 0 Å². The van der Waals surface area contributed by atoms with E-state index in [1.54, 1.807) is 12.1 Å². The number of hydrogen-bond acceptors (Lipinski definition) is 2. The summed E-state index contributed by atoms with van der Waals surface area (Å²) in [6.07, 6.45) is 3.27. The summed E-state index contributed by atoms with van der Waals surface area (Å²) < 4.78 is 27.3. The van der Waals surface area contributed by atoms with E-state index in [-0.39, 0.29) is 12.1 Å². The van der Waals surface area contributed by atoms with Crippen molar-refractivity contribution < 1.29 is 8.78 Å². The van der Waals surface area contributed by atoms with Gasteiger partial charge >= 0.3 is 0 Å². The van der Waals surface area contributed by atoms with E-state index < -0.39 is 11.6 Å². The maximum Gasteiger partial charge on any atom is 0.182 e. The van der Waals surface area contributed by atoms with E-state index in [9.17, 15) is 8.78 Å². The second-order valence-corrected chi connectivity index (χ2v) is 4.27. The molecule has 1 saturated carbocycles. The van der Waals surface area contributed by atoms with Crippen LogP contribution in [0, 0.1) is 11.6 Å². The maximum absolute atomic E-state index is 13.7. The molecule has 0 heterocycles. The average Bonchev–Trinajstić information content (AvgIpc) is 2.19. The predicted octanol–water partition coefficient (Wildman–Crippen LogP) is 2.41. The topological polar surface area (TPSA) is 29.3 Å². The van der Waals surface area contributed by atoms with Gasteiger partial charge in [0.1, 0.15) is 0 Å². The molecule has 0 aliphatic heterocycles. The van der Waals surface area contributed by atoms with Crippen LogP contribution in [0.5, 0.6) is 0 Å². The molecule has 2 rings (SSSR count). The van der Waals surface area contributed by atoms with Crippen LogP contribution in [0.3, 0.4) is 0 Å². The number of benzene rings is 1. The van der Waals surface area contributed by atoms with Gasteiger partial charge < -0.3 is 10.6 Å². The molecule has 1 aromatic rings. The fourth-order valence-corrected chi connectivity index (χ4v) is 1.98. The molecular formula is C12H16F2N2. The first kappa shape index (κ1) is 11.3. The van der Waals surface area contributed by atoms with Crippen molar-refractivity contribution in [1.29, 1.82) is 0 Å². The van der Waals surface area contributed by atoms with E-state index in [4.69, 9.17) is 5.73 Å². The van der Waals surface area contributed by atoms with E-state index in [1.165, 1.54) is 6.42 Å². The molecule has 0 amide bonds. The molecule has 88 valence electrons. The lowest BCUT2D eigenvalue weighted by Crippen LogP contribution is -2.37. The Bertz CT molecular complexity index is 389. The minimum absolute atomic E-state index is 0.0240. The summed E-state index contributed by atoms with van der Waals surface area (Å²) in [5, 5.41) is 0. The molecule has 1 aliphatic carbocycles. The Hall–Kier alpha value is -1.16. The number of nitrogens with two attached hydrogens (primary N) is 1. The minimum atomic E-state index is -0.814. The predicted molar refractivity (Wildman–Crippen MR) is 60.3 cm³/mol. The van der Waals surface area contributed by atoms with Gasteiger partial charge in [0.05, 0.1) is 5.69 Å². The van der Waals surface area contributed by atoms with E-state index in [0.29, 0.717) is 11.7 Å². The van der Waals surface area contributed by atoms with Crippen LogP contribution in [0.25, 0.3) is 0 Å². The summed E-state index contributed by atoms with van der Waals surface area (Å²) in [5.41, 5.74) is 5.88. The van der Waals surface area contributed by atoms with E-state index >= 15 is 0 Å². The van der Waals surface area contributed by atoms with Gasteiger partial charge in [-0.1, -0.05) is 6.07 Å². The van der Waals surface area contributed by atoms with Gasteiger partial charge in [0.15, 0.2) is 11.6 Å². The molecule has 16 heavy (non-hydrogen) atoms. The summed E-state index contributed by atoms with van der Waals surface area (Å²) in [7, 11) is 1.81. The highest BCUT2D eigenvalue weighted by Gasteiger charge is 2.25. The third kappa shape index (κ3) is 1.78. The summed E-state index contributed by atoms with van der Waals surface area (Å²) in [6, 6.07) is 3.51. The molecule has 2 nitrogen and oxygen atoms in total. The molecule has 0 saturated heterocycles. The fraction of sp³-hybridized carbons (Fsp3) is 0.500. The first-order valence-electron chi connectivity index (χ1n) is 5.55. The lowest BCUT2D eigenvalue weighted by atomic mass is 9.91. The van der Waals surface area contributed by atoms with Crippen LogP contribution in [0.2, 0.25) is 0 Å². The maximum atomic E-state index is 13.7. The van der Waals surface area contributed by atoms with E-state index in [0.717, 1.165) is 12.8 Å². The first-order chi connectivity index (χ1) is 7.65. The highest BCUT2D eigenvalue weighted by Crippen LogP contribution is 2.31. The lowest BCUT2D eigenvalue weighted by Gasteiger charge is -2.36. The number of halogens is 2. The Morgan fingerprint density at radius 2 is 2.00 bits per heavy atom. The standard InChI is InChI=1S/C12H16F2N2/c1-16(9-3-2-4-9)10-6-5-8(7-15)11(13)12(10)14/h5-6,9H,2-4,7,15H2,1H3. The molecule has 0 radical (unpaired) electrons. The van der Waals surface area contributed by atoms with E-state index in [2.05, 4.69) is 0 Å². The second kappa shape index (κ2) is 4.37. The Morgan fingerprint density at radius 3 is 2.50 bits per heavy atom. The van der Waals surface area contributed by atoms with Gasteiger partial charge in [-0.3, -0.25) is 0 Å². The van der Waals surface area contributed by atoms with Gasteiger partial charge in [-0.15, -0.1) is 0 Å². The summed E-state index contributed by atoms with van der Waals surface area (Å²) in [5.74, 6) is -1.59. The van der Waals surface area contributed by atoms with Crippen LogP contribution >= 0.6 is 0 Å². The normalized spacial score (nSPS) is 16.0. The SMILES string of the molecule is CN(c1ccc(CN)c(F)c1F)C1CCC1. The van der Waals surface area contributed by atoms with Crippen LogP contribution in [0.1, 0.15) is 24.8 Å². The van der Waals surface area contributed by atoms with Crippen molar-refractivity contribution >= 4 is 5.69 Å². The van der Waals surface area contributed by atoms with Crippen molar-refractivity contribution in [3.8, 4) is 0 Å². The van der Waals surface area contributed by atoms with Crippen LogP contribution < -0.4 is 10.6 Å². The Morgan fingerprint density at radius 1 is 1.31 bits per heavy atom. The Kier molecular flexibility index (Phi) is 3.10. The lowest BCUT2D eigenvalue weighted by molar-refractivity contribution is 0.395. The van der Waals surface area contributed by atoms with Crippen LogP contribution in [0.15, 0.2) is 12.1 Å². The number of hydrogen-bond donors (Lipinski definition) is 1. The third-order valence-electron chi connectivity index (χ3n) is 3.36. The molecule has 1 aromatic carbocycles. The summed E-state index contributed by atoms with van der Waals surface area (Å²) >= 11 is 0. The molecule has 1 fully saturated rings. The van der Waals surface area contributed by atoms with Gasteiger partial charge in [-0.05, 0) is 25.3 Å². The van der Waals surface area contributed by atoms with Gasteiger partial charge in [0.25, 0.3) is 0 Å². The van der Waals surface area contributed by atoms with Gasteiger partial charge in [-0.25, -0.2) is 8.78 Å². The quantitative estimate of drug-likeness (QED) is 0.857. The van der Waals surface area contributed by atoms with E-state index in [1.807, 2.05) is 11.9 Å². The highest BCUT2D eigenvalue weighted by atomic mass is 19.2. The molecule has 1 aliphatic rings. The molecular weight excluding hydrogens is 210 g/mol. The molecule has 0 spiro atoms. The van der Waals surface area contributed by atoms with Gasteiger partial charge in [0.2, 0.25) is 0 Å². The van der Waals surface area contributed by atoms with Crippen LogP contribution in [-0.4, -0.2) is 13.1 Å². The number of rotatable bonds is 3. The largest absolute Gasteiger partial charge is 0.369 e. The smallest absolute Gasteiger partial charge is 0.182 e. The zero-order valence-corrected chi connectivity index (χ0v) is 9.34. The van der Waals surface area contributed by atoms with Gasteiger partial charge in [-0.2, -0.15) is 0 Å². The molecule has 0 aromatic heterocycles. The zero-order valence-electron chi connectivity index (χ0n) is 9.34. The van der Waals surface area contributed by atoms with Crippen molar-refractivity contribution in [2.24, 2.45) is 5.73 Å². The number of nitrogens with zero attached hydrogens (tertiary/aromatic N) is 1. The Labute approximate surface area is 94.0 Å². The summed E-state index contributed by atoms with van der Waals surface area (Å²) in [6.45, 7) is 0.0240. The Balaban J connectivity index is 2.30. The monoisotopic (exact) mass is 226 g/mol. The summed E-state index contributed by atoms with van der Waals surface area (Å²) in [4.78, 5) is 1.82. The fourth-order valence-electron chi connectivity index (χ4n) is 1.98. The second-order valence-electron chi connectivity index (χ2n) is 4.27. The average molecular weight is 226 g/mol. The highest BCUT2D eigenvalue weighted by molar-refractivity contribution is 5.50. The first-order valence-corrected chi connectivity index (χ1v) is 5.55. The van der Waals surface area contributed by atoms with Crippen molar-refractivity contribution in [2.45, 2.75) is 31.8 Å². The zero-order chi connectivity index (χ0) is 11.7. The minimum Gasteiger partial charge on any atom is -0.369 e. The van der Waals surface area contributed by atoms with Gasteiger partial charge in [0, 0.05) is 25.2 Å². The molecule has 0 atom stereocenters. The van der Waals surface area contributed by atoms with Crippen LogP contribution in [-0.2, 0) is 6.54 Å². The molecule has 4 heteroatoms. The third-order valence-corrected chi connectivity index (χ3v) is 3.36. The molecule has 0 bridgehead atoms.